The summed E-state index contributed by atoms with van der Waals surface area (Å²) < 4.78 is 156. The van der Waals surface area contributed by atoms with Crippen molar-refractivity contribution in [3.05, 3.63) is 19.3 Å². The van der Waals surface area contributed by atoms with E-state index in [0.717, 1.165) is 0 Å². The van der Waals surface area contributed by atoms with Gasteiger partial charge in [0.2, 0.25) is 0 Å². The summed E-state index contributed by atoms with van der Waals surface area (Å²) in [6, 6.07) is 0. The molecule has 0 rings (SSSR count). The number of hydrogen-bond acceptors (Lipinski definition) is 0. The maximum absolute atomic E-state index is 10.4. The minimum absolute atomic E-state index is 0. The Morgan fingerprint density at radius 3 is 0.417 bits per heavy atom. The van der Waals surface area contributed by atoms with Crippen molar-refractivity contribution in [3.8, 4) is 0 Å². The van der Waals surface area contributed by atoms with E-state index < -0.39 is 37.8 Å². The smallest absolute Gasteiger partial charge is 0.460 e. The minimum atomic E-state index is -5.42. The summed E-state index contributed by atoms with van der Waals surface area (Å²) in [4.78, 5) is 0. The van der Waals surface area contributed by atoms with Gasteiger partial charge < -0.3 is 9.41 Å². The Bertz CT molecular complexity index is 204. The van der Waals surface area contributed by atoms with E-state index in [-0.39, 0.29) is 33.8 Å². The third-order valence-corrected chi connectivity index (χ3v) is 0.643. The van der Waals surface area contributed by atoms with Gasteiger partial charge in [-0.15, -0.1) is 0 Å². The monoisotopic (exact) mass is 516 g/mol. The van der Waals surface area contributed by atoms with Crippen LogP contribution in [0.25, 0.3) is 0 Å². The van der Waals surface area contributed by atoms with E-state index in [1.165, 1.54) is 0 Å². The first kappa shape index (κ1) is 38.9. The first-order valence-electron chi connectivity index (χ1n) is 3.58. The second-order valence-electron chi connectivity index (χ2n) is 2.27. The largest absolute Gasteiger partial charge is 1.00 e. The molecule has 0 nitrogen and oxygen atoms in total. The Kier molecular flexibility index (Phi) is 24.2. The molecule has 0 spiro atoms. The van der Waals surface area contributed by atoms with Crippen LogP contribution in [0, 0.1) is 19.3 Å². The van der Waals surface area contributed by atoms with Gasteiger partial charge in [-0.1, -0.05) is 0 Å². The van der Waals surface area contributed by atoms with Crippen molar-refractivity contribution in [2.24, 2.45) is 0 Å². The zero-order valence-corrected chi connectivity index (χ0v) is 12.4. The molecule has 0 fully saturated rings. The standard InChI is InChI=1S/3C2F5.2FH.Sb/c3*3-1(4)2(5,6)7;;;/h;;;2*1H;/p-2. The van der Waals surface area contributed by atoms with Crippen LogP contribution in [0.5, 0.6) is 0 Å². The van der Waals surface area contributed by atoms with E-state index >= 15 is 0 Å². The molecule has 0 amide bonds. The fourth-order valence-electron chi connectivity index (χ4n) is 0. The van der Waals surface area contributed by atoms with Gasteiger partial charge in [-0.2, -0.15) is 65.9 Å². The molecule has 0 aliphatic carbocycles. The molecule has 6 radical (unpaired) electrons. The van der Waals surface area contributed by atoms with Gasteiger partial charge in [-0.25, -0.2) is 0 Å². The van der Waals surface area contributed by atoms with E-state index in [1.807, 2.05) is 0 Å². The van der Waals surface area contributed by atoms with Crippen molar-refractivity contribution in [1.82, 2.24) is 0 Å². The van der Waals surface area contributed by atoms with E-state index in [2.05, 4.69) is 0 Å². The van der Waals surface area contributed by atoms with Gasteiger partial charge in [0.05, 0.1) is 0 Å². The van der Waals surface area contributed by atoms with Crippen LogP contribution in [0.15, 0.2) is 0 Å². The van der Waals surface area contributed by atoms with Crippen LogP contribution in [0.3, 0.4) is 0 Å². The Balaban J connectivity index is -0.0000000476. The Hall–Kier alpha value is -0.372. The average molecular weight is 517 g/mol. The van der Waals surface area contributed by atoms with Gasteiger partial charge in [0.25, 0.3) is 0 Å². The van der Waals surface area contributed by atoms with E-state index in [1.54, 1.807) is 0 Å². The van der Waals surface area contributed by atoms with Crippen LogP contribution in [0.4, 0.5) is 65.9 Å². The zero-order chi connectivity index (χ0) is 18.2. The molecule has 0 aliphatic rings. The van der Waals surface area contributed by atoms with Crippen molar-refractivity contribution >= 4 is 24.4 Å². The topological polar surface area (TPSA) is 0 Å². The van der Waals surface area contributed by atoms with Gasteiger partial charge >= 0.3 is 37.8 Å². The summed E-state index contributed by atoms with van der Waals surface area (Å²) in [6.07, 6.45) is -26.8. The SMILES string of the molecule is F[C](F)C(F)(F)F.F[C](F)C(F)(F)F.F[C](F)C(F)(F)F.[F-].[F-].[Sb]. The second-order valence-corrected chi connectivity index (χ2v) is 2.27. The third kappa shape index (κ3) is 29.6. The molecule has 0 bridgehead atoms. The predicted octanol–water partition coefficient (Wildman–Crippen LogP) is -0.441. The summed E-state index contributed by atoms with van der Waals surface area (Å²) in [5.41, 5.74) is 0. The molecule has 0 aliphatic heterocycles. The van der Waals surface area contributed by atoms with Crippen molar-refractivity contribution in [2.45, 2.75) is 18.5 Å². The first-order chi connectivity index (χ1) is 8.83. The van der Waals surface area contributed by atoms with Crippen LogP contribution < -0.4 is 9.41 Å². The fourth-order valence-corrected chi connectivity index (χ4v) is 0. The summed E-state index contributed by atoms with van der Waals surface area (Å²) in [6.45, 7) is 0. The van der Waals surface area contributed by atoms with Crippen LogP contribution in [-0.4, -0.2) is 43.0 Å². The Labute approximate surface area is 138 Å². The molecular weight excluding hydrogens is 517 g/mol. The number of alkyl halides is 9. The van der Waals surface area contributed by atoms with Crippen molar-refractivity contribution in [3.63, 3.8) is 0 Å². The maximum atomic E-state index is 10.4. The van der Waals surface area contributed by atoms with Crippen molar-refractivity contribution < 1.29 is 75.3 Å². The van der Waals surface area contributed by atoms with Crippen LogP contribution in [-0.2, 0) is 0 Å². The molecule has 24 heavy (non-hydrogen) atoms. The molecule has 0 saturated carbocycles. The van der Waals surface area contributed by atoms with Crippen LogP contribution in [0.2, 0.25) is 0 Å². The normalized spacial score (nSPS) is 11.2. The predicted molar refractivity (Wildman–Crippen MR) is 40.3 cm³/mol. The zero-order valence-electron chi connectivity index (χ0n) is 9.87. The Morgan fingerprint density at radius 1 is 0.375 bits per heavy atom. The molecule has 0 aromatic carbocycles. The van der Waals surface area contributed by atoms with Gasteiger partial charge in [0, 0.05) is 24.4 Å². The van der Waals surface area contributed by atoms with Gasteiger partial charge in [0.15, 0.2) is 0 Å². The van der Waals surface area contributed by atoms with Crippen molar-refractivity contribution in [2.75, 3.05) is 0 Å². The van der Waals surface area contributed by atoms with Crippen molar-refractivity contribution in [1.29, 1.82) is 0 Å². The quantitative estimate of drug-likeness (QED) is 0.303. The average Bonchev–Trinajstić information content (AvgIpc) is 2.14. The molecule has 18 heteroatoms. The number of halogens is 17. The molecular formula is C6F17Sb-2. The minimum Gasteiger partial charge on any atom is -1.00 e. The summed E-state index contributed by atoms with van der Waals surface area (Å²) in [7, 11) is 0. The van der Waals surface area contributed by atoms with Gasteiger partial charge in [0.1, 0.15) is 0 Å². The molecule has 0 unspecified atom stereocenters. The molecule has 0 aromatic heterocycles. The molecule has 150 valence electrons. The van der Waals surface area contributed by atoms with Crippen LogP contribution >= 0.6 is 0 Å². The molecule has 0 aromatic rings. The number of hydrogen-bond donors (Lipinski definition) is 0. The molecule has 0 atom stereocenters. The summed E-state index contributed by atoms with van der Waals surface area (Å²) >= 11 is 0. The molecule has 0 N–H and O–H groups in total. The molecule has 0 saturated heterocycles. The fraction of sp³-hybridized carbons (Fsp3) is 0.500. The summed E-state index contributed by atoms with van der Waals surface area (Å²) in [5, 5.41) is 0. The second kappa shape index (κ2) is 14.9. The third-order valence-electron chi connectivity index (χ3n) is 0.643. The van der Waals surface area contributed by atoms with Gasteiger partial charge in [-0.05, 0) is 0 Å². The van der Waals surface area contributed by atoms with E-state index in [0.29, 0.717) is 0 Å². The molecule has 0 heterocycles. The van der Waals surface area contributed by atoms with E-state index in [4.69, 9.17) is 0 Å². The van der Waals surface area contributed by atoms with Gasteiger partial charge in [-0.3, -0.25) is 0 Å². The number of rotatable bonds is 0. The van der Waals surface area contributed by atoms with E-state index in [9.17, 15) is 65.9 Å². The Morgan fingerprint density at radius 2 is 0.417 bits per heavy atom. The first-order valence-corrected chi connectivity index (χ1v) is 3.58. The maximum Gasteiger partial charge on any atom is 0.460 e. The van der Waals surface area contributed by atoms with Crippen LogP contribution in [0.1, 0.15) is 0 Å². The summed E-state index contributed by atoms with van der Waals surface area (Å²) in [5.74, 6) is 0.